The predicted octanol–water partition coefficient (Wildman–Crippen LogP) is 1.42. The summed E-state index contributed by atoms with van der Waals surface area (Å²) in [5, 5.41) is 3.49. The van der Waals surface area contributed by atoms with E-state index >= 15 is 0 Å². The molecule has 1 N–H and O–H groups in total. The van der Waals surface area contributed by atoms with E-state index in [0.717, 1.165) is 32.7 Å². The van der Waals surface area contributed by atoms with Crippen LogP contribution in [0.5, 0.6) is 0 Å². The third-order valence-corrected chi connectivity index (χ3v) is 4.53. The van der Waals surface area contributed by atoms with E-state index in [1.54, 1.807) is 7.11 Å². The highest BCUT2D eigenvalue weighted by Gasteiger charge is 2.40. The first-order valence-electron chi connectivity index (χ1n) is 8.23. The van der Waals surface area contributed by atoms with Gasteiger partial charge in [0.15, 0.2) is 0 Å². The molecule has 1 heterocycles. The lowest BCUT2D eigenvalue weighted by Gasteiger charge is -2.30. The Kier molecular flexibility index (Phi) is 6.02. The van der Waals surface area contributed by atoms with Crippen molar-refractivity contribution in [2.75, 3.05) is 40.0 Å². The van der Waals surface area contributed by atoms with E-state index in [4.69, 9.17) is 9.47 Å². The molecule has 0 aromatic carbocycles. The third kappa shape index (κ3) is 4.94. The van der Waals surface area contributed by atoms with Crippen LogP contribution in [0, 0.1) is 5.92 Å². The summed E-state index contributed by atoms with van der Waals surface area (Å²) in [5.41, 5.74) is -0.545. The van der Waals surface area contributed by atoms with Crippen LogP contribution in [-0.4, -0.2) is 62.4 Å². The number of methoxy groups -OCH3 is 1. The van der Waals surface area contributed by atoms with E-state index < -0.39 is 5.54 Å². The number of carbonyl (C=O) groups excluding carboxylic acids is 1. The summed E-state index contributed by atoms with van der Waals surface area (Å²) in [7, 11) is 1.76. The average Bonchev–Trinajstić information content (AvgIpc) is 3.14. The zero-order valence-corrected chi connectivity index (χ0v) is 13.7. The van der Waals surface area contributed by atoms with Crippen LogP contribution in [0.3, 0.4) is 0 Å². The summed E-state index contributed by atoms with van der Waals surface area (Å²) >= 11 is 0. The van der Waals surface area contributed by atoms with Crippen LogP contribution in [0.4, 0.5) is 0 Å². The fourth-order valence-corrected chi connectivity index (χ4v) is 3.07. The fraction of sp³-hybridized carbons (Fsp3) is 0.938. The second kappa shape index (κ2) is 7.56. The molecule has 2 unspecified atom stereocenters. The van der Waals surface area contributed by atoms with E-state index in [2.05, 4.69) is 10.2 Å². The number of ether oxygens (including phenoxy) is 2. The Morgan fingerprint density at radius 2 is 2.14 bits per heavy atom. The Labute approximate surface area is 128 Å². The second-order valence-electron chi connectivity index (χ2n) is 6.63. The van der Waals surface area contributed by atoms with Crippen LogP contribution in [0.1, 0.15) is 39.5 Å². The van der Waals surface area contributed by atoms with Crippen molar-refractivity contribution in [2.24, 2.45) is 5.92 Å². The van der Waals surface area contributed by atoms with Gasteiger partial charge in [-0.05, 0) is 52.0 Å². The van der Waals surface area contributed by atoms with Gasteiger partial charge in [-0.3, -0.25) is 10.1 Å². The molecule has 2 fully saturated rings. The zero-order valence-electron chi connectivity index (χ0n) is 13.7. The van der Waals surface area contributed by atoms with Gasteiger partial charge in [-0.25, -0.2) is 0 Å². The first-order chi connectivity index (χ1) is 10.1. The molecule has 1 saturated carbocycles. The molecule has 2 atom stereocenters. The quantitative estimate of drug-likeness (QED) is 0.652. The topological polar surface area (TPSA) is 50.8 Å². The molecule has 0 aromatic heterocycles. The number of hydrogen-bond acceptors (Lipinski definition) is 5. The van der Waals surface area contributed by atoms with Crippen LogP contribution in [-0.2, 0) is 14.3 Å². The Morgan fingerprint density at radius 3 is 2.76 bits per heavy atom. The van der Waals surface area contributed by atoms with Gasteiger partial charge in [0.1, 0.15) is 5.54 Å². The largest absolute Gasteiger partial charge is 0.465 e. The third-order valence-electron chi connectivity index (χ3n) is 4.53. The number of esters is 1. The lowest BCUT2D eigenvalue weighted by molar-refractivity contribution is -0.151. The molecule has 21 heavy (non-hydrogen) atoms. The van der Waals surface area contributed by atoms with Crippen molar-refractivity contribution in [2.45, 2.75) is 51.1 Å². The van der Waals surface area contributed by atoms with Crippen LogP contribution in [0.2, 0.25) is 0 Å². The Hall–Kier alpha value is -0.650. The summed E-state index contributed by atoms with van der Waals surface area (Å²) in [6, 6.07) is 0.499. The first kappa shape index (κ1) is 16.7. The van der Waals surface area contributed by atoms with E-state index in [9.17, 15) is 4.79 Å². The molecule has 2 aliphatic rings. The maximum absolute atomic E-state index is 12.3. The van der Waals surface area contributed by atoms with Crippen LogP contribution < -0.4 is 5.32 Å². The van der Waals surface area contributed by atoms with Gasteiger partial charge in [0.05, 0.1) is 13.2 Å². The van der Waals surface area contributed by atoms with Crippen molar-refractivity contribution < 1.29 is 14.3 Å². The molecule has 0 spiro atoms. The van der Waals surface area contributed by atoms with Gasteiger partial charge in [0, 0.05) is 26.2 Å². The first-order valence-corrected chi connectivity index (χ1v) is 8.23. The van der Waals surface area contributed by atoms with E-state index in [1.807, 2.05) is 13.8 Å². The minimum absolute atomic E-state index is 0.107. The Morgan fingerprint density at radius 1 is 1.38 bits per heavy atom. The highest BCUT2D eigenvalue weighted by Crippen LogP contribution is 2.26. The van der Waals surface area contributed by atoms with E-state index in [1.165, 1.54) is 19.3 Å². The van der Waals surface area contributed by atoms with Gasteiger partial charge >= 0.3 is 5.97 Å². The molecule has 0 bridgehead atoms. The normalized spacial score (nSPS) is 25.8. The molecular weight excluding hydrogens is 268 g/mol. The maximum atomic E-state index is 12.3. The van der Waals surface area contributed by atoms with Crippen molar-refractivity contribution in [3.8, 4) is 0 Å². The molecule has 1 aliphatic carbocycles. The second-order valence-corrected chi connectivity index (χ2v) is 6.63. The fourth-order valence-electron chi connectivity index (χ4n) is 3.07. The Balaban J connectivity index is 1.82. The lowest BCUT2D eigenvalue weighted by atomic mass is 9.97. The van der Waals surface area contributed by atoms with Crippen LogP contribution >= 0.6 is 0 Å². The van der Waals surface area contributed by atoms with Gasteiger partial charge in [-0.15, -0.1) is 0 Å². The molecular formula is C16H30N2O3. The van der Waals surface area contributed by atoms with Crippen molar-refractivity contribution in [3.05, 3.63) is 0 Å². The summed E-state index contributed by atoms with van der Waals surface area (Å²) < 4.78 is 10.5. The SMILES string of the molecule is CCOC(=O)C(C)(CCN1CCC(COC)C1)NC1CC1. The molecule has 0 radical (unpaired) electrons. The zero-order chi connectivity index (χ0) is 15.3. The summed E-state index contributed by atoms with van der Waals surface area (Å²) in [6.07, 6.45) is 4.35. The smallest absolute Gasteiger partial charge is 0.326 e. The summed E-state index contributed by atoms with van der Waals surface area (Å²) in [5.74, 6) is 0.532. The van der Waals surface area contributed by atoms with Gasteiger partial charge in [0.25, 0.3) is 0 Å². The molecule has 1 aliphatic heterocycles. The number of rotatable bonds is 9. The molecule has 0 aromatic rings. The molecule has 2 rings (SSSR count). The molecule has 5 heteroatoms. The highest BCUT2D eigenvalue weighted by molar-refractivity contribution is 5.80. The molecule has 1 saturated heterocycles. The lowest BCUT2D eigenvalue weighted by Crippen LogP contribution is -2.53. The number of nitrogens with zero attached hydrogens (tertiary/aromatic N) is 1. The van der Waals surface area contributed by atoms with Gasteiger partial charge in [-0.1, -0.05) is 0 Å². The number of nitrogens with one attached hydrogen (secondary N) is 1. The molecule has 0 amide bonds. The van der Waals surface area contributed by atoms with E-state index in [0.29, 0.717) is 18.6 Å². The monoisotopic (exact) mass is 298 g/mol. The molecule has 5 nitrogen and oxygen atoms in total. The van der Waals surface area contributed by atoms with Gasteiger partial charge in [-0.2, -0.15) is 0 Å². The number of hydrogen-bond donors (Lipinski definition) is 1. The van der Waals surface area contributed by atoms with Crippen molar-refractivity contribution in [1.82, 2.24) is 10.2 Å². The van der Waals surface area contributed by atoms with Crippen molar-refractivity contribution in [3.63, 3.8) is 0 Å². The Bertz CT molecular complexity index is 346. The average molecular weight is 298 g/mol. The predicted molar refractivity (Wildman–Crippen MR) is 82.2 cm³/mol. The van der Waals surface area contributed by atoms with Gasteiger partial charge < -0.3 is 14.4 Å². The highest BCUT2D eigenvalue weighted by atomic mass is 16.5. The van der Waals surface area contributed by atoms with Crippen LogP contribution in [0.25, 0.3) is 0 Å². The maximum Gasteiger partial charge on any atom is 0.326 e. The summed E-state index contributed by atoms with van der Waals surface area (Å²) in [4.78, 5) is 14.7. The van der Waals surface area contributed by atoms with Crippen molar-refractivity contribution >= 4 is 5.97 Å². The standard InChI is InChI=1S/C16H30N2O3/c1-4-21-15(19)16(2,17-14-5-6-14)8-10-18-9-7-13(11-18)12-20-3/h13-14,17H,4-12H2,1-3H3. The van der Waals surface area contributed by atoms with Crippen LogP contribution in [0.15, 0.2) is 0 Å². The number of carbonyl (C=O) groups is 1. The van der Waals surface area contributed by atoms with Crippen molar-refractivity contribution in [1.29, 1.82) is 0 Å². The minimum Gasteiger partial charge on any atom is -0.465 e. The van der Waals surface area contributed by atoms with Gasteiger partial charge in [0.2, 0.25) is 0 Å². The summed E-state index contributed by atoms with van der Waals surface area (Å²) in [6.45, 7) is 8.27. The van der Waals surface area contributed by atoms with E-state index in [-0.39, 0.29) is 5.97 Å². The number of likely N-dealkylation sites (tertiary alicyclic amines) is 1. The molecule has 122 valence electrons. The minimum atomic E-state index is -0.545.